The first-order valence-electron chi connectivity index (χ1n) is 12.4. The summed E-state index contributed by atoms with van der Waals surface area (Å²) >= 11 is 0. The smallest absolute Gasteiger partial charge is 0.309 e. The highest BCUT2D eigenvalue weighted by atomic mass is 16.6. The number of carbonyl (C=O) groups excluding carboxylic acids is 2. The van der Waals surface area contributed by atoms with Crippen molar-refractivity contribution in [2.75, 3.05) is 13.2 Å². The summed E-state index contributed by atoms with van der Waals surface area (Å²) in [5, 5.41) is 20.1. The van der Waals surface area contributed by atoms with Gasteiger partial charge in [-0.2, -0.15) is 0 Å². The Morgan fingerprint density at radius 2 is 1.84 bits per heavy atom. The number of aliphatic hydroxyl groups excluding tert-OH is 1. The molecule has 7 heteroatoms. The summed E-state index contributed by atoms with van der Waals surface area (Å²) in [6, 6.07) is 0. The van der Waals surface area contributed by atoms with Crippen molar-refractivity contribution < 1.29 is 34.0 Å². The van der Waals surface area contributed by atoms with Crippen molar-refractivity contribution in [2.45, 2.75) is 109 Å². The monoisotopic (exact) mass is 454 g/mol. The molecule has 0 radical (unpaired) electrons. The van der Waals surface area contributed by atoms with E-state index in [2.05, 4.69) is 6.92 Å². The zero-order chi connectivity index (χ0) is 23.5. The summed E-state index contributed by atoms with van der Waals surface area (Å²) in [4.78, 5) is 25.7. The minimum Gasteiger partial charge on any atom is -0.465 e. The van der Waals surface area contributed by atoms with Gasteiger partial charge in [0.05, 0.1) is 48.5 Å². The molecule has 2 saturated carbocycles. The zero-order valence-corrected chi connectivity index (χ0v) is 20.2. The molecule has 7 atom stereocenters. The first kappa shape index (κ1) is 25.4. The van der Waals surface area contributed by atoms with Crippen LogP contribution in [0.15, 0.2) is 0 Å². The van der Waals surface area contributed by atoms with E-state index in [4.69, 9.17) is 14.2 Å². The molecule has 3 aliphatic rings. The lowest BCUT2D eigenvalue weighted by atomic mass is 9.77. The van der Waals surface area contributed by atoms with Gasteiger partial charge in [-0.05, 0) is 84.0 Å². The minimum absolute atomic E-state index is 0.0338. The lowest BCUT2D eigenvalue weighted by molar-refractivity contribution is -0.166. The number of ether oxygens (including phenoxy) is 3. The molecule has 0 amide bonds. The second kappa shape index (κ2) is 10.4. The second-order valence-electron chi connectivity index (χ2n) is 11.1. The van der Waals surface area contributed by atoms with Crippen molar-refractivity contribution in [2.24, 2.45) is 23.7 Å². The largest absolute Gasteiger partial charge is 0.465 e. The molecular formula is C25H42O7. The van der Waals surface area contributed by atoms with Crippen LogP contribution in [0.4, 0.5) is 0 Å². The van der Waals surface area contributed by atoms with Crippen LogP contribution in [0.5, 0.6) is 0 Å². The average Bonchev–Trinajstić information content (AvgIpc) is 3.41. The van der Waals surface area contributed by atoms with E-state index in [9.17, 15) is 19.8 Å². The fraction of sp³-hybridized carbons (Fsp3) is 0.920. The molecule has 0 spiro atoms. The molecule has 32 heavy (non-hydrogen) atoms. The van der Waals surface area contributed by atoms with E-state index in [0.29, 0.717) is 31.8 Å². The van der Waals surface area contributed by atoms with Crippen molar-refractivity contribution in [1.82, 2.24) is 0 Å². The molecule has 3 fully saturated rings. The van der Waals surface area contributed by atoms with Crippen LogP contribution in [-0.2, 0) is 23.8 Å². The Kier molecular flexibility index (Phi) is 8.26. The molecule has 2 N–H and O–H groups in total. The van der Waals surface area contributed by atoms with Crippen LogP contribution >= 0.6 is 0 Å². The fourth-order valence-electron chi connectivity index (χ4n) is 5.14. The van der Waals surface area contributed by atoms with Gasteiger partial charge < -0.3 is 24.4 Å². The molecule has 3 rings (SSSR count). The van der Waals surface area contributed by atoms with E-state index in [-0.39, 0.29) is 36.6 Å². The number of hydrogen-bond donors (Lipinski definition) is 2. The Hall–Kier alpha value is -1.18. The lowest BCUT2D eigenvalue weighted by Gasteiger charge is -2.32. The van der Waals surface area contributed by atoms with Crippen molar-refractivity contribution in [3.05, 3.63) is 0 Å². The third-order valence-electron chi connectivity index (χ3n) is 7.72. The normalized spacial score (nSPS) is 35.5. The quantitative estimate of drug-likeness (QED) is 0.385. The number of hydrogen-bond acceptors (Lipinski definition) is 7. The van der Waals surface area contributed by atoms with E-state index in [1.54, 1.807) is 13.8 Å². The second-order valence-corrected chi connectivity index (χ2v) is 11.1. The summed E-state index contributed by atoms with van der Waals surface area (Å²) in [6.45, 7) is 8.36. The Labute approximate surface area is 192 Å². The summed E-state index contributed by atoms with van der Waals surface area (Å²) < 4.78 is 17.0. The highest BCUT2D eigenvalue weighted by molar-refractivity contribution is 5.82. The maximum atomic E-state index is 12.9. The third-order valence-corrected chi connectivity index (χ3v) is 7.72. The fourth-order valence-corrected chi connectivity index (χ4v) is 5.14. The Balaban J connectivity index is 1.48. The Morgan fingerprint density at radius 3 is 2.50 bits per heavy atom. The maximum Gasteiger partial charge on any atom is 0.309 e. The molecule has 1 aliphatic heterocycles. The molecule has 184 valence electrons. The molecule has 0 aromatic rings. The van der Waals surface area contributed by atoms with Crippen LogP contribution in [0.2, 0.25) is 0 Å². The van der Waals surface area contributed by atoms with Crippen LogP contribution in [0, 0.1) is 23.7 Å². The summed E-state index contributed by atoms with van der Waals surface area (Å²) in [5.41, 5.74) is -0.708. The highest BCUT2D eigenvalue weighted by Crippen LogP contribution is 2.49. The zero-order valence-electron chi connectivity index (χ0n) is 20.2. The lowest BCUT2D eigenvalue weighted by Crippen LogP contribution is -2.40. The summed E-state index contributed by atoms with van der Waals surface area (Å²) in [5.74, 6) is -1.54. The average molecular weight is 455 g/mol. The van der Waals surface area contributed by atoms with Crippen LogP contribution in [-0.4, -0.2) is 58.8 Å². The van der Waals surface area contributed by atoms with Gasteiger partial charge in [0.15, 0.2) is 0 Å². The van der Waals surface area contributed by atoms with Crippen molar-refractivity contribution >= 4 is 11.9 Å². The van der Waals surface area contributed by atoms with Gasteiger partial charge in [0.25, 0.3) is 0 Å². The molecular weight excluding hydrogens is 412 g/mol. The van der Waals surface area contributed by atoms with Gasteiger partial charge in [0, 0.05) is 0 Å². The van der Waals surface area contributed by atoms with Crippen molar-refractivity contribution in [3.8, 4) is 0 Å². The van der Waals surface area contributed by atoms with E-state index >= 15 is 0 Å². The Bertz CT molecular complexity index is 657. The predicted molar refractivity (Wildman–Crippen MR) is 119 cm³/mol. The van der Waals surface area contributed by atoms with Gasteiger partial charge in [-0.25, -0.2) is 0 Å². The summed E-state index contributed by atoms with van der Waals surface area (Å²) in [7, 11) is 0. The van der Waals surface area contributed by atoms with Gasteiger partial charge in [-0.1, -0.05) is 13.3 Å². The number of fused-ring (bicyclic) bond motifs is 1. The van der Waals surface area contributed by atoms with Gasteiger partial charge in [-0.15, -0.1) is 0 Å². The number of esters is 2. The highest BCUT2D eigenvalue weighted by Gasteiger charge is 2.55. The number of carbonyl (C=O) groups is 2. The van der Waals surface area contributed by atoms with Crippen LogP contribution in [0.25, 0.3) is 0 Å². The minimum atomic E-state index is -0.742. The number of aliphatic hydroxyl groups is 2. The first-order chi connectivity index (χ1) is 15.0. The number of epoxide rings is 1. The van der Waals surface area contributed by atoms with Gasteiger partial charge in [-0.3, -0.25) is 9.59 Å². The Morgan fingerprint density at radius 1 is 1.12 bits per heavy atom. The maximum absolute atomic E-state index is 12.9. The van der Waals surface area contributed by atoms with Gasteiger partial charge in [0.1, 0.15) is 0 Å². The first-order valence-corrected chi connectivity index (χ1v) is 12.4. The third kappa shape index (κ3) is 6.91. The van der Waals surface area contributed by atoms with Crippen molar-refractivity contribution in [1.29, 1.82) is 0 Å². The van der Waals surface area contributed by atoms with Gasteiger partial charge >= 0.3 is 11.9 Å². The molecule has 1 heterocycles. The topological polar surface area (TPSA) is 106 Å². The predicted octanol–water partition coefficient (Wildman–Crippen LogP) is 3.38. The molecule has 0 aromatic heterocycles. The van der Waals surface area contributed by atoms with E-state index in [1.165, 1.54) is 0 Å². The van der Waals surface area contributed by atoms with E-state index in [0.717, 1.165) is 32.1 Å². The molecule has 2 aliphatic carbocycles. The molecule has 1 saturated heterocycles. The molecule has 0 bridgehead atoms. The molecule has 7 nitrogen and oxygen atoms in total. The van der Waals surface area contributed by atoms with Crippen molar-refractivity contribution in [3.63, 3.8) is 0 Å². The molecule has 7 unspecified atom stereocenters. The van der Waals surface area contributed by atoms with Crippen LogP contribution in [0.1, 0.15) is 85.5 Å². The van der Waals surface area contributed by atoms with E-state index in [1.807, 2.05) is 6.92 Å². The van der Waals surface area contributed by atoms with Gasteiger partial charge in [0.2, 0.25) is 0 Å². The van der Waals surface area contributed by atoms with E-state index < -0.39 is 29.5 Å². The SMILES string of the molecule is CCC(CCC(C)(C)O)COC(=O)C1CCC(O)CC1C(=O)OCC1CCC2(C)OC2C1. The van der Waals surface area contributed by atoms with Crippen LogP contribution < -0.4 is 0 Å². The summed E-state index contributed by atoms with van der Waals surface area (Å²) in [6.07, 6.45) is 5.97. The van der Waals surface area contributed by atoms with Crippen LogP contribution in [0.3, 0.4) is 0 Å². The molecule has 0 aromatic carbocycles. The number of rotatable bonds is 10. The standard InChI is InChI=1S/C25H42O7/c1-5-16(8-10-24(2,3)29)14-30-22(27)19-7-6-18(26)13-20(19)23(28)31-15-17-9-11-25(4)21(12-17)32-25/h16-21,26,29H,5-15H2,1-4H3.